The number of hydrogen-bond donors (Lipinski definition) is 6. The van der Waals surface area contributed by atoms with Crippen molar-refractivity contribution in [3.63, 3.8) is 0 Å². The van der Waals surface area contributed by atoms with E-state index in [0.717, 1.165) is 50.5 Å². The molecule has 6 N–H and O–H groups in total. The Balaban J connectivity index is 0.000000307. The summed E-state index contributed by atoms with van der Waals surface area (Å²) in [6.07, 6.45) is 9.69. The molecule has 46 heavy (non-hydrogen) atoms. The lowest BCUT2D eigenvalue weighted by molar-refractivity contribution is -0.123. The number of rotatable bonds is 12. The molecule has 4 fully saturated rings. The van der Waals surface area contributed by atoms with Gasteiger partial charge in [-0.1, -0.05) is 41.5 Å². The van der Waals surface area contributed by atoms with Crippen molar-refractivity contribution in [1.29, 1.82) is 0 Å². The van der Waals surface area contributed by atoms with E-state index in [1.165, 1.54) is 84.3 Å². The molecule has 4 aliphatic rings. The quantitative estimate of drug-likeness (QED) is 0.186. The zero-order valence-electron chi connectivity index (χ0n) is 31.8. The molecule has 1 unspecified atom stereocenters. The summed E-state index contributed by atoms with van der Waals surface area (Å²) in [5.74, 6) is 3.45. The van der Waals surface area contributed by atoms with Crippen LogP contribution in [0.1, 0.15) is 107 Å². The number of nitrogens with one attached hydrogen (secondary N) is 6. The molecule has 4 heterocycles. The maximum Gasteiger partial charge on any atom is 0.220 e. The van der Waals surface area contributed by atoms with E-state index >= 15 is 0 Å². The lowest BCUT2D eigenvalue weighted by atomic mass is 9.97. The molecule has 0 aliphatic carbocycles. The molecule has 1 amide bonds. The summed E-state index contributed by atoms with van der Waals surface area (Å²) in [7, 11) is 2.23. The summed E-state index contributed by atoms with van der Waals surface area (Å²) >= 11 is 0. The van der Waals surface area contributed by atoms with Gasteiger partial charge in [-0.3, -0.25) is 4.79 Å². The molecule has 274 valence electrons. The van der Waals surface area contributed by atoms with Crippen molar-refractivity contribution in [2.24, 2.45) is 23.7 Å². The smallest absolute Gasteiger partial charge is 0.220 e. The Morgan fingerprint density at radius 3 is 1.48 bits per heavy atom. The first-order valence-corrected chi connectivity index (χ1v) is 19.1. The van der Waals surface area contributed by atoms with Crippen LogP contribution in [0.25, 0.3) is 0 Å². The summed E-state index contributed by atoms with van der Waals surface area (Å²) in [6, 6.07) is 2.48. The molecule has 9 heteroatoms. The van der Waals surface area contributed by atoms with Crippen LogP contribution in [-0.2, 0) is 9.53 Å². The molecule has 0 aromatic heterocycles. The largest absolute Gasteiger partial charge is 0.381 e. The maximum atomic E-state index is 11.0. The zero-order chi connectivity index (χ0) is 34.2. The van der Waals surface area contributed by atoms with E-state index in [2.05, 4.69) is 99.2 Å². The van der Waals surface area contributed by atoms with Crippen LogP contribution in [0, 0.1) is 23.7 Å². The number of amides is 1. The molecule has 4 rings (SSSR count). The Kier molecular flexibility index (Phi) is 25.4. The molecule has 0 radical (unpaired) electrons. The highest BCUT2D eigenvalue weighted by Gasteiger charge is 2.19. The molecular formula is C37H79N7O2. The van der Waals surface area contributed by atoms with Crippen LogP contribution in [0.3, 0.4) is 0 Å². The van der Waals surface area contributed by atoms with Crippen LogP contribution in [0.2, 0.25) is 0 Å². The van der Waals surface area contributed by atoms with E-state index in [-0.39, 0.29) is 5.91 Å². The third-order valence-corrected chi connectivity index (χ3v) is 9.48. The van der Waals surface area contributed by atoms with Gasteiger partial charge in [0.2, 0.25) is 5.91 Å². The average molecular weight is 654 g/mol. The van der Waals surface area contributed by atoms with E-state index in [9.17, 15) is 4.79 Å². The van der Waals surface area contributed by atoms with Crippen LogP contribution in [-0.4, -0.2) is 114 Å². The minimum Gasteiger partial charge on any atom is -0.381 e. The Bertz CT molecular complexity index is 678. The summed E-state index contributed by atoms with van der Waals surface area (Å²) in [4.78, 5) is 13.4. The second-order valence-corrected chi connectivity index (χ2v) is 15.4. The Hall–Kier alpha value is -0.810. The SMILES string of the molecule is CC(C)N(C)CC1CCNCC1.CC(C)NCC1CCNC(=O)C1.CC(C)NCC1CCNCC1.CC(C)NCC1CCOCC1. The number of nitrogens with zero attached hydrogens (tertiary/aromatic N) is 1. The molecule has 0 saturated carbocycles. The standard InChI is InChI=1S/C10H22N2.C9H18N2O.C9H20N2.C9H19NO/c1-9(2)12(3)8-10-4-6-11-7-5-10;1-7(2)11-6-8-3-4-10-9(12)5-8;1-8(2)11-7-9-3-5-10-6-4-9;1-8(2)10-7-9-3-5-11-6-4-9/h9-11H,4-8H2,1-3H3;7-8,11H,3-6H2,1-2H3,(H,10,12);8-11H,3-7H2,1-2H3;8-10H,3-7H2,1-2H3. The van der Waals surface area contributed by atoms with Crippen molar-refractivity contribution < 1.29 is 9.53 Å². The lowest BCUT2D eigenvalue weighted by Gasteiger charge is -2.29. The monoisotopic (exact) mass is 654 g/mol. The molecule has 0 bridgehead atoms. The van der Waals surface area contributed by atoms with Gasteiger partial charge in [-0.25, -0.2) is 0 Å². The Labute approximate surface area is 285 Å². The molecule has 9 nitrogen and oxygen atoms in total. The van der Waals surface area contributed by atoms with Gasteiger partial charge in [0.1, 0.15) is 0 Å². The van der Waals surface area contributed by atoms with Gasteiger partial charge in [-0.05, 0) is 135 Å². The highest BCUT2D eigenvalue weighted by Crippen LogP contribution is 2.15. The summed E-state index contributed by atoms with van der Waals surface area (Å²) in [5.41, 5.74) is 0. The van der Waals surface area contributed by atoms with Gasteiger partial charge in [0.05, 0.1) is 0 Å². The molecule has 4 saturated heterocycles. The highest BCUT2D eigenvalue weighted by molar-refractivity contribution is 5.76. The first-order valence-electron chi connectivity index (χ1n) is 19.1. The normalized spacial score (nSPS) is 21.8. The average Bonchev–Trinajstić information content (AvgIpc) is 3.04. The van der Waals surface area contributed by atoms with Crippen molar-refractivity contribution in [1.82, 2.24) is 36.8 Å². The number of carbonyl (C=O) groups is 1. The van der Waals surface area contributed by atoms with Crippen LogP contribution < -0.4 is 31.9 Å². The van der Waals surface area contributed by atoms with Gasteiger partial charge in [-0.15, -0.1) is 0 Å². The third kappa shape index (κ3) is 24.3. The van der Waals surface area contributed by atoms with Gasteiger partial charge >= 0.3 is 0 Å². The second kappa shape index (κ2) is 27.1. The summed E-state index contributed by atoms with van der Waals surface area (Å²) < 4.78 is 5.28. The van der Waals surface area contributed by atoms with Crippen LogP contribution in [0.15, 0.2) is 0 Å². The van der Waals surface area contributed by atoms with Crippen molar-refractivity contribution in [3.8, 4) is 0 Å². The van der Waals surface area contributed by atoms with Crippen molar-refractivity contribution in [3.05, 3.63) is 0 Å². The van der Waals surface area contributed by atoms with Gasteiger partial charge in [0.15, 0.2) is 0 Å². The van der Waals surface area contributed by atoms with Gasteiger partial charge in [0.25, 0.3) is 0 Å². The van der Waals surface area contributed by atoms with E-state index in [4.69, 9.17) is 4.74 Å². The summed E-state index contributed by atoms with van der Waals surface area (Å²) in [5, 5.41) is 19.9. The minimum absolute atomic E-state index is 0.205. The first-order chi connectivity index (χ1) is 22.0. The van der Waals surface area contributed by atoms with E-state index in [1.54, 1.807) is 0 Å². The fraction of sp³-hybridized carbons (Fsp3) is 0.973. The van der Waals surface area contributed by atoms with Crippen LogP contribution in [0.5, 0.6) is 0 Å². The maximum absolute atomic E-state index is 11.0. The number of piperidine rings is 3. The lowest BCUT2D eigenvalue weighted by Crippen LogP contribution is -2.39. The van der Waals surface area contributed by atoms with Crippen molar-refractivity contribution >= 4 is 5.91 Å². The predicted octanol–water partition coefficient (Wildman–Crippen LogP) is 4.23. The van der Waals surface area contributed by atoms with Gasteiger partial charge < -0.3 is 41.5 Å². The fourth-order valence-corrected chi connectivity index (χ4v) is 5.95. The van der Waals surface area contributed by atoms with E-state index < -0.39 is 0 Å². The third-order valence-electron chi connectivity index (χ3n) is 9.48. The second-order valence-electron chi connectivity index (χ2n) is 15.4. The van der Waals surface area contributed by atoms with E-state index in [0.29, 0.717) is 36.5 Å². The molecular weight excluding hydrogens is 574 g/mol. The minimum atomic E-state index is 0.205. The highest BCUT2D eigenvalue weighted by atomic mass is 16.5. The zero-order valence-corrected chi connectivity index (χ0v) is 31.8. The van der Waals surface area contributed by atoms with Crippen LogP contribution >= 0.6 is 0 Å². The molecule has 0 spiro atoms. The van der Waals surface area contributed by atoms with Gasteiger partial charge in [-0.2, -0.15) is 0 Å². The molecule has 0 aromatic rings. The molecule has 4 aliphatic heterocycles. The Morgan fingerprint density at radius 2 is 1.04 bits per heavy atom. The van der Waals surface area contributed by atoms with Crippen LogP contribution in [0.4, 0.5) is 0 Å². The molecule has 0 aromatic carbocycles. The number of ether oxygens (including phenoxy) is 1. The fourth-order valence-electron chi connectivity index (χ4n) is 5.95. The van der Waals surface area contributed by atoms with E-state index in [1.807, 2.05) is 0 Å². The topological polar surface area (TPSA) is 102 Å². The first kappa shape index (κ1) is 43.2. The Morgan fingerprint density at radius 1 is 0.630 bits per heavy atom. The molecule has 1 atom stereocenters. The number of carbonyl (C=O) groups excluding carboxylic acids is 1. The summed E-state index contributed by atoms with van der Waals surface area (Å²) in [6.45, 7) is 29.9. The number of hydrogen-bond acceptors (Lipinski definition) is 8. The van der Waals surface area contributed by atoms with Crippen molar-refractivity contribution in [2.75, 3.05) is 79.2 Å². The van der Waals surface area contributed by atoms with Gasteiger partial charge in [0, 0.05) is 56.9 Å². The predicted molar refractivity (Wildman–Crippen MR) is 198 cm³/mol. The van der Waals surface area contributed by atoms with Crippen molar-refractivity contribution in [2.45, 2.75) is 131 Å².